The maximum atomic E-state index is 10.7. The molecule has 0 saturated carbocycles. The van der Waals surface area contributed by atoms with Gasteiger partial charge in [0.2, 0.25) is 11.8 Å². The maximum Gasteiger partial charge on any atom is 0.354 e. The number of aromatic amines is 1. The van der Waals surface area contributed by atoms with Gasteiger partial charge in [-0.3, -0.25) is 5.10 Å². The molecule has 0 amide bonds. The molecule has 7 nitrogen and oxygen atoms in total. The Morgan fingerprint density at radius 2 is 2.29 bits per heavy atom. The second-order valence-corrected chi connectivity index (χ2v) is 3.39. The molecule has 0 unspecified atom stereocenters. The van der Waals surface area contributed by atoms with Crippen LogP contribution < -0.4 is 10.5 Å². The van der Waals surface area contributed by atoms with E-state index in [2.05, 4.69) is 15.2 Å². The third-order valence-electron chi connectivity index (χ3n) is 1.99. The Balaban J connectivity index is 2.31. The standard InChI is InChI=1S/C10H10N4O3/c1-5-4-8(14-13-5)17-9-6(11)2-3-7(12-9)10(15)16/h2-4H,11H2,1H3,(H,13,14)(H,15,16). The minimum atomic E-state index is -1.15. The van der Waals surface area contributed by atoms with Gasteiger partial charge in [-0.2, -0.15) is 0 Å². The number of hydrogen-bond acceptors (Lipinski definition) is 5. The van der Waals surface area contributed by atoms with Crippen LogP contribution in [0.1, 0.15) is 16.2 Å². The molecule has 4 N–H and O–H groups in total. The van der Waals surface area contributed by atoms with Crippen LogP contribution in [-0.2, 0) is 0 Å². The Bertz CT molecular complexity index is 564. The van der Waals surface area contributed by atoms with Crippen LogP contribution in [0.25, 0.3) is 0 Å². The Kier molecular flexibility index (Phi) is 2.65. The first kappa shape index (κ1) is 10.9. The Morgan fingerprint density at radius 1 is 1.53 bits per heavy atom. The molecule has 0 fully saturated rings. The molecule has 0 atom stereocenters. The van der Waals surface area contributed by atoms with Crippen molar-refractivity contribution >= 4 is 11.7 Å². The van der Waals surface area contributed by atoms with E-state index in [1.165, 1.54) is 12.1 Å². The smallest absolute Gasteiger partial charge is 0.354 e. The van der Waals surface area contributed by atoms with E-state index in [1.807, 2.05) is 6.92 Å². The number of H-pyrrole nitrogens is 1. The Labute approximate surface area is 96.2 Å². The molecular formula is C10H10N4O3. The predicted molar refractivity (Wildman–Crippen MR) is 59.0 cm³/mol. The van der Waals surface area contributed by atoms with Crippen LogP contribution in [0.15, 0.2) is 18.2 Å². The number of nitrogen functional groups attached to an aromatic ring is 1. The third-order valence-corrected chi connectivity index (χ3v) is 1.99. The first-order valence-corrected chi connectivity index (χ1v) is 4.76. The van der Waals surface area contributed by atoms with Gasteiger partial charge in [0.25, 0.3) is 0 Å². The molecule has 0 spiro atoms. The number of rotatable bonds is 3. The summed E-state index contributed by atoms with van der Waals surface area (Å²) in [5.74, 6) is -0.839. The molecule has 2 heterocycles. The van der Waals surface area contributed by atoms with Crippen LogP contribution in [0.2, 0.25) is 0 Å². The van der Waals surface area contributed by atoms with Crippen LogP contribution in [-0.4, -0.2) is 26.3 Å². The second-order valence-electron chi connectivity index (χ2n) is 3.39. The molecule has 17 heavy (non-hydrogen) atoms. The summed E-state index contributed by atoms with van der Waals surface area (Å²) in [5, 5.41) is 15.3. The largest absolute Gasteiger partial charge is 0.477 e. The number of ether oxygens (including phenoxy) is 1. The van der Waals surface area contributed by atoms with Crippen molar-refractivity contribution in [2.24, 2.45) is 0 Å². The number of nitrogens with one attached hydrogen (secondary N) is 1. The van der Waals surface area contributed by atoms with E-state index >= 15 is 0 Å². The molecule has 0 aliphatic carbocycles. The number of hydrogen-bond donors (Lipinski definition) is 3. The molecule has 0 saturated heterocycles. The quantitative estimate of drug-likeness (QED) is 0.734. The Morgan fingerprint density at radius 3 is 2.88 bits per heavy atom. The van der Waals surface area contributed by atoms with Crippen LogP contribution >= 0.6 is 0 Å². The molecule has 0 aliphatic heterocycles. The van der Waals surface area contributed by atoms with Crippen molar-refractivity contribution in [1.29, 1.82) is 0 Å². The number of anilines is 1. The van der Waals surface area contributed by atoms with Gasteiger partial charge in [0.05, 0.1) is 5.69 Å². The van der Waals surface area contributed by atoms with E-state index < -0.39 is 5.97 Å². The average Bonchev–Trinajstić information content (AvgIpc) is 2.67. The van der Waals surface area contributed by atoms with Gasteiger partial charge in [0.15, 0.2) is 5.69 Å². The lowest BCUT2D eigenvalue weighted by Crippen LogP contribution is -2.03. The first-order chi connectivity index (χ1) is 8.06. The second kappa shape index (κ2) is 4.12. The van der Waals surface area contributed by atoms with Crippen LogP contribution in [0, 0.1) is 6.92 Å². The molecule has 0 aliphatic rings. The van der Waals surface area contributed by atoms with Gasteiger partial charge in [-0.05, 0) is 19.1 Å². The van der Waals surface area contributed by atoms with Crippen molar-refractivity contribution in [2.75, 3.05) is 5.73 Å². The van der Waals surface area contributed by atoms with E-state index in [9.17, 15) is 4.79 Å². The lowest BCUT2D eigenvalue weighted by atomic mass is 10.3. The van der Waals surface area contributed by atoms with Gasteiger partial charge in [-0.25, -0.2) is 9.78 Å². The van der Waals surface area contributed by atoms with Gasteiger partial charge in [-0.1, -0.05) is 0 Å². The van der Waals surface area contributed by atoms with Crippen molar-refractivity contribution in [3.05, 3.63) is 29.6 Å². The van der Waals surface area contributed by atoms with Crippen LogP contribution in [0.4, 0.5) is 5.69 Å². The molecule has 2 aromatic rings. The Hall–Kier alpha value is -2.57. The number of carboxylic acids is 1. The minimum absolute atomic E-state index is 0.0244. The van der Waals surface area contributed by atoms with E-state index in [-0.39, 0.29) is 23.1 Å². The SMILES string of the molecule is Cc1cc(Oc2nc(C(=O)O)ccc2N)n[nH]1. The topological polar surface area (TPSA) is 114 Å². The third kappa shape index (κ3) is 2.33. The lowest BCUT2D eigenvalue weighted by molar-refractivity contribution is 0.0689. The van der Waals surface area contributed by atoms with Gasteiger partial charge in [0.1, 0.15) is 0 Å². The zero-order chi connectivity index (χ0) is 12.4. The summed E-state index contributed by atoms with van der Waals surface area (Å²) in [6.45, 7) is 1.81. The first-order valence-electron chi connectivity index (χ1n) is 4.76. The van der Waals surface area contributed by atoms with E-state index in [0.29, 0.717) is 0 Å². The van der Waals surface area contributed by atoms with Crippen molar-refractivity contribution < 1.29 is 14.6 Å². The summed E-state index contributed by atoms with van der Waals surface area (Å²) in [4.78, 5) is 14.5. The van der Waals surface area contributed by atoms with E-state index in [4.69, 9.17) is 15.6 Å². The van der Waals surface area contributed by atoms with Gasteiger partial charge >= 0.3 is 5.97 Å². The number of carboxylic acid groups (broad SMARTS) is 1. The number of aromatic nitrogens is 3. The lowest BCUT2D eigenvalue weighted by Gasteiger charge is -2.04. The van der Waals surface area contributed by atoms with Crippen molar-refractivity contribution in [3.63, 3.8) is 0 Å². The highest BCUT2D eigenvalue weighted by atomic mass is 16.5. The molecule has 7 heteroatoms. The summed E-state index contributed by atoms with van der Waals surface area (Å²) in [6.07, 6.45) is 0. The van der Waals surface area contributed by atoms with Gasteiger partial charge in [0, 0.05) is 11.8 Å². The number of pyridine rings is 1. The highest BCUT2D eigenvalue weighted by Crippen LogP contribution is 2.24. The van der Waals surface area contributed by atoms with Crippen LogP contribution in [0.5, 0.6) is 11.8 Å². The number of nitrogens with two attached hydrogens (primary N) is 1. The highest BCUT2D eigenvalue weighted by Gasteiger charge is 2.11. The number of aryl methyl sites for hydroxylation is 1. The van der Waals surface area contributed by atoms with E-state index in [0.717, 1.165) is 5.69 Å². The van der Waals surface area contributed by atoms with Crippen molar-refractivity contribution in [1.82, 2.24) is 15.2 Å². The average molecular weight is 234 g/mol. The fourth-order valence-corrected chi connectivity index (χ4v) is 1.20. The van der Waals surface area contributed by atoms with Gasteiger partial charge in [-0.15, -0.1) is 5.10 Å². The normalized spacial score (nSPS) is 10.2. The zero-order valence-corrected chi connectivity index (χ0v) is 8.97. The van der Waals surface area contributed by atoms with E-state index in [1.54, 1.807) is 6.07 Å². The molecule has 0 bridgehead atoms. The number of aromatic carboxylic acids is 1. The minimum Gasteiger partial charge on any atom is -0.477 e. The summed E-state index contributed by atoms with van der Waals surface area (Å²) in [6, 6.07) is 4.38. The molecule has 88 valence electrons. The molecular weight excluding hydrogens is 224 g/mol. The summed E-state index contributed by atoms with van der Waals surface area (Å²) in [7, 11) is 0. The van der Waals surface area contributed by atoms with Crippen molar-refractivity contribution in [2.45, 2.75) is 6.92 Å². The fourth-order valence-electron chi connectivity index (χ4n) is 1.20. The summed E-state index contributed by atoms with van der Waals surface area (Å²) < 4.78 is 5.28. The monoisotopic (exact) mass is 234 g/mol. The highest BCUT2D eigenvalue weighted by molar-refractivity contribution is 5.86. The predicted octanol–water partition coefficient (Wildman–Crippen LogP) is 1.19. The van der Waals surface area contributed by atoms with Gasteiger partial charge < -0.3 is 15.6 Å². The number of carbonyl (C=O) groups is 1. The summed E-state index contributed by atoms with van der Waals surface area (Å²) >= 11 is 0. The molecule has 0 radical (unpaired) electrons. The molecule has 2 rings (SSSR count). The fraction of sp³-hybridized carbons (Fsp3) is 0.100. The maximum absolute atomic E-state index is 10.7. The zero-order valence-electron chi connectivity index (χ0n) is 8.97. The summed E-state index contributed by atoms with van der Waals surface area (Å²) in [5.41, 5.74) is 6.55. The molecule has 2 aromatic heterocycles. The number of nitrogens with zero attached hydrogens (tertiary/aromatic N) is 2. The molecule has 0 aromatic carbocycles. The van der Waals surface area contributed by atoms with Crippen LogP contribution in [0.3, 0.4) is 0 Å². The van der Waals surface area contributed by atoms with Crippen molar-refractivity contribution in [3.8, 4) is 11.8 Å².